The number of hydrogen-bond acceptors (Lipinski definition) is 3. The maximum absolute atomic E-state index is 12.4. The van der Waals surface area contributed by atoms with Crippen LogP contribution in [0.4, 0.5) is 19.0 Å². The topological polar surface area (TPSA) is 42.1 Å². The standard InChI is InChI=1S/C12H18F3N3/c1-2-7-18(8-3-6-16)11-5-4-10(9-17-11)12(13,14)15/h4-5,9H,2-3,6-8,16H2,1H3. The van der Waals surface area contributed by atoms with Crippen LogP contribution in [0.15, 0.2) is 18.3 Å². The minimum atomic E-state index is -4.33. The first-order valence-electron chi connectivity index (χ1n) is 5.97. The van der Waals surface area contributed by atoms with Crippen LogP contribution in [0.1, 0.15) is 25.3 Å². The Morgan fingerprint density at radius 3 is 2.44 bits per heavy atom. The monoisotopic (exact) mass is 261 g/mol. The van der Waals surface area contributed by atoms with Crippen LogP contribution in [-0.4, -0.2) is 24.6 Å². The summed E-state index contributed by atoms with van der Waals surface area (Å²) in [5, 5.41) is 0. The van der Waals surface area contributed by atoms with Gasteiger partial charge >= 0.3 is 6.18 Å². The molecule has 0 aliphatic rings. The Hall–Kier alpha value is -1.30. The summed E-state index contributed by atoms with van der Waals surface area (Å²) in [6, 6.07) is 2.47. The molecule has 2 N–H and O–H groups in total. The lowest BCUT2D eigenvalue weighted by molar-refractivity contribution is -0.137. The van der Waals surface area contributed by atoms with Gasteiger partial charge in [-0.25, -0.2) is 4.98 Å². The summed E-state index contributed by atoms with van der Waals surface area (Å²) in [4.78, 5) is 5.83. The molecule has 0 spiro atoms. The zero-order valence-corrected chi connectivity index (χ0v) is 10.4. The van der Waals surface area contributed by atoms with E-state index in [0.29, 0.717) is 18.9 Å². The van der Waals surface area contributed by atoms with E-state index < -0.39 is 11.7 Å². The van der Waals surface area contributed by atoms with Crippen molar-refractivity contribution in [1.29, 1.82) is 0 Å². The number of halogens is 3. The highest BCUT2D eigenvalue weighted by atomic mass is 19.4. The number of nitrogens with two attached hydrogens (primary N) is 1. The Kier molecular flexibility index (Phi) is 5.40. The Labute approximate surface area is 105 Å². The first-order chi connectivity index (χ1) is 8.49. The van der Waals surface area contributed by atoms with Gasteiger partial charge in [0.25, 0.3) is 0 Å². The highest BCUT2D eigenvalue weighted by Crippen LogP contribution is 2.29. The van der Waals surface area contributed by atoms with Crippen molar-refractivity contribution in [1.82, 2.24) is 4.98 Å². The second-order valence-corrected chi connectivity index (χ2v) is 4.03. The molecule has 6 heteroatoms. The molecule has 0 amide bonds. The fraction of sp³-hybridized carbons (Fsp3) is 0.583. The van der Waals surface area contributed by atoms with E-state index >= 15 is 0 Å². The van der Waals surface area contributed by atoms with E-state index in [1.54, 1.807) is 0 Å². The summed E-state index contributed by atoms with van der Waals surface area (Å²) >= 11 is 0. The second kappa shape index (κ2) is 6.58. The molecule has 102 valence electrons. The van der Waals surface area contributed by atoms with E-state index in [1.807, 2.05) is 11.8 Å². The van der Waals surface area contributed by atoms with Gasteiger partial charge in [0.1, 0.15) is 5.82 Å². The highest BCUT2D eigenvalue weighted by Gasteiger charge is 2.30. The zero-order chi connectivity index (χ0) is 13.6. The average molecular weight is 261 g/mol. The van der Waals surface area contributed by atoms with Crippen molar-refractivity contribution in [2.75, 3.05) is 24.5 Å². The van der Waals surface area contributed by atoms with E-state index in [-0.39, 0.29) is 0 Å². The van der Waals surface area contributed by atoms with Gasteiger partial charge in [0, 0.05) is 19.3 Å². The minimum Gasteiger partial charge on any atom is -0.357 e. The van der Waals surface area contributed by atoms with Gasteiger partial charge in [-0.1, -0.05) is 6.92 Å². The van der Waals surface area contributed by atoms with Crippen LogP contribution in [0, 0.1) is 0 Å². The normalized spacial score (nSPS) is 11.6. The number of alkyl halides is 3. The molecule has 1 aromatic heterocycles. The lowest BCUT2D eigenvalue weighted by Gasteiger charge is -2.23. The fourth-order valence-electron chi connectivity index (χ4n) is 1.63. The molecule has 18 heavy (non-hydrogen) atoms. The van der Waals surface area contributed by atoms with Crippen LogP contribution in [0.25, 0.3) is 0 Å². The van der Waals surface area contributed by atoms with Crippen molar-refractivity contribution in [3.8, 4) is 0 Å². The Balaban J connectivity index is 2.79. The van der Waals surface area contributed by atoms with E-state index in [0.717, 1.165) is 31.6 Å². The third-order valence-electron chi connectivity index (χ3n) is 2.52. The maximum Gasteiger partial charge on any atom is 0.417 e. The lowest BCUT2D eigenvalue weighted by atomic mass is 10.2. The molecular formula is C12H18F3N3. The molecule has 3 nitrogen and oxygen atoms in total. The molecule has 1 aromatic rings. The molecule has 0 saturated carbocycles. The SMILES string of the molecule is CCCN(CCCN)c1ccc(C(F)(F)F)cn1. The first-order valence-corrected chi connectivity index (χ1v) is 5.97. The summed E-state index contributed by atoms with van der Waals surface area (Å²) in [6.07, 6.45) is -1.76. The van der Waals surface area contributed by atoms with Crippen molar-refractivity contribution in [2.45, 2.75) is 25.9 Å². The van der Waals surface area contributed by atoms with Crippen LogP contribution >= 0.6 is 0 Å². The van der Waals surface area contributed by atoms with E-state index in [4.69, 9.17) is 5.73 Å². The summed E-state index contributed by atoms with van der Waals surface area (Å²) in [7, 11) is 0. The predicted molar refractivity (Wildman–Crippen MR) is 65.4 cm³/mol. The van der Waals surface area contributed by atoms with Crippen LogP contribution in [-0.2, 0) is 6.18 Å². The van der Waals surface area contributed by atoms with Crippen LogP contribution in [0.2, 0.25) is 0 Å². The van der Waals surface area contributed by atoms with E-state index in [2.05, 4.69) is 4.98 Å². The Bertz CT molecular complexity index is 349. The predicted octanol–water partition coefficient (Wildman–Crippen LogP) is 2.67. The largest absolute Gasteiger partial charge is 0.417 e. The van der Waals surface area contributed by atoms with Gasteiger partial charge in [-0.2, -0.15) is 13.2 Å². The molecule has 0 unspecified atom stereocenters. The average Bonchev–Trinajstić information content (AvgIpc) is 2.33. The highest BCUT2D eigenvalue weighted by molar-refractivity contribution is 5.39. The van der Waals surface area contributed by atoms with Crippen LogP contribution < -0.4 is 10.6 Å². The molecule has 0 radical (unpaired) electrons. The summed E-state index contributed by atoms with van der Waals surface area (Å²) in [5.74, 6) is 0.568. The van der Waals surface area contributed by atoms with Crippen LogP contribution in [0.3, 0.4) is 0 Å². The molecule has 1 heterocycles. The molecule has 0 atom stereocenters. The zero-order valence-electron chi connectivity index (χ0n) is 10.4. The summed E-state index contributed by atoms with van der Waals surface area (Å²) in [5.41, 5.74) is 4.72. The quantitative estimate of drug-likeness (QED) is 0.856. The molecule has 0 fully saturated rings. The van der Waals surface area contributed by atoms with Gasteiger partial charge in [0.15, 0.2) is 0 Å². The van der Waals surface area contributed by atoms with Crippen molar-refractivity contribution in [3.05, 3.63) is 23.9 Å². The van der Waals surface area contributed by atoms with Crippen molar-refractivity contribution < 1.29 is 13.2 Å². The summed E-state index contributed by atoms with van der Waals surface area (Å²) in [6.45, 7) is 4.04. The van der Waals surface area contributed by atoms with E-state index in [1.165, 1.54) is 6.07 Å². The maximum atomic E-state index is 12.4. The van der Waals surface area contributed by atoms with Gasteiger partial charge in [0.2, 0.25) is 0 Å². The Morgan fingerprint density at radius 1 is 1.28 bits per heavy atom. The second-order valence-electron chi connectivity index (χ2n) is 4.03. The minimum absolute atomic E-state index is 0.556. The first kappa shape index (κ1) is 14.8. The number of aromatic nitrogens is 1. The van der Waals surface area contributed by atoms with Gasteiger partial charge in [0.05, 0.1) is 5.56 Å². The van der Waals surface area contributed by atoms with Gasteiger partial charge in [-0.15, -0.1) is 0 Å². The fourth-order valence-corrected chi connectivity index (χ4v) is 1.63. The molecular weight excluding hydrogens is 243 g/mol. The van der Waals surface area contributed by atoms with Gasteiger partial charge < -0.3 is 10.6 Å². The third-order valence-corrected chi connectivity index (χ3v) is 2.52. The Morgan fingerprint density at radius 2 is 2.00 bits per heavy atom. The van der Waals surface area contributed by atoms with Gasteiger partial charge in [-0.3, -0.25) is 0 Å². The molecule has 0 aromatic carbocycles. The molecule has 1 rings (SSSR count). The molecule has 0 aliphatic heterocycles. The number of nitrogens with zero attached hydrogens (tertiary/aromatic N) is 2. The third kappa shape index (κ3) is 4.18. The molecule has 0 bridgehead atoms. The van der Waals surface area contributed by atoms with Crippen molar-refractivity contribution in [2.24, 2.45) is 5.73 Å². The molecule has 0 saturated heterocycles. The molecule has 0 aliphatic carbocycles. The smallest absolute Gasteiger partial charge is 0.357 e. The number of pyridine rings is 1. The lowest BCUT2D eigenvalue weighted by Crippen LogP contribution is -2.27. The van der Waals surface area contributed by atoms with E-state index in [9.17, 15) is 13.2 Å². The summed E-state index contributed by atoms with van der Waals surface area (Å²) < 4.78 is 37.2. The van der Waals surface area contributed by atoms with Crippen molar-refractivity contribution >= 4 is 5.82 Å². The number of rotatable bonds is 6. The number of hydrogen-bond donors (Lipinski definition) is 1. The van der Waals surface area contributed by atoms with Crippen molar-refractivity contribution in [3.63, 3.8) is 0 Å². The van der Waals surface area contributed by atoms with Gasteiger partial charge in [-0.05, 0) is 31.5 Å². The van der Waals surface area contributed by atoms with Crippen LogP contribution in [0.5, 0.6) is 0 Å². The number of anilines is 1.